The highest BCUT2D eigenvalue weighted by Crippen LogP contribution is 2.30. The third-order valence-corrected chi connectivity index (χ3v) is 5.27. The van der Waals surface area contributed by atoms with Gasteiger partial charge in [0.15, 0.2) is 15.0 Å². The number of sulfone groups is 1. The summed E-state index contributed by atoms with van der Waals surface area (Å²) < 4.78 is 24.4. The summed E-state index contributed by atoms with van der Waals surface area (Å²) in [5, 5.41) is 16.4. The molecule has 1 fully saturated rings. The van der Waals surface area contributed by atoms with E-state index in [9.17, 15) is 13.2 Å². The number of thioether (sulfide) groups is 1. The van der Waals surface area contributed by atoms with Gasteiger partial charge in [0.1, 0.15) is 0 Å². The number of hydrogen-bond acceptors (Lipinski definition) is 7. The molecule has 0 bridgehead atoms. The van der Waals surface area contributed by atoms with Crippen molar-refractivity contribution in [1.29, 1.82) is 0 Å². The number of nitrogen functional groups attached to an aromatic ring is 1. The van der Waals surface area contributed by atoms with Crippen LogP contribution in [-0.2, 0) is 14.6 Å². The van der Waals surface area contributed by atoms with E-state index in [0.29, 0.717) is 11.6 Å². The summed E-state index contributed by atoms with van der Waals surface area (Å²) in [6.45, 7) is 0. The van der Waals surface area contributed by atoms with Gasteiger partial charge >= 0.3 is 5.97 Å². The Balaban J connectivity index is 2.22. The van der Waals surface area contributed by atoms with E-state index in [2.05, 4.69) is 10.2 Å². The molecule has 1 saturated heterocycles. The Morgan fingerprint density at radius 1 is 1.56 bits per heavy atom. The number of carbonyl (C=O) groups is 1. The Morgan fingerprint density at radius 2 is 2.28 bits per heavy atom. The molecule has 0 aromatic carbocycles. The molecule has 0 spiro atoms. The summed E-state index contributed by atoms with van der Waals surface area (Å²) in [4.78, 5) is 10.5. The quantitative estimate of drug-likeness (QED) is 0.704. The second-order valence-electron chi connectivity index (χ2n) is 3.95. The molecule has 1 aliphatic heterocycles. The molecule has 0 saturated carbocycles. The largest absolute Gasteiger partial charge is 0.481 e. The van der Waals surface area contributed by atoms with Crippen LogP contribution in [0.5, 0.6) is 0 Å². The van der Waals surface area contributed by atoms with E-state index < -0.39 is 15.8 Å². The van der Waals surface area contributed by atoms with Crippen molar-refractivity contribution in [3.63, 3.8) is 0 Å². The fourth-order valence-corrected chi connectivity index (χ4v) is 4.27. The molecule has 0 amide bonds. The summed E-state index contributed by atoms with van der Waals surface area (Å²) >= 11 is 0.978. The van der Waals surface area contributed by atoms with Crippen molar-refractivity contribution in [3.05, 3.63) is 0 Å². The summed E-state index contributed by atoms with van der Waals surface area (Å²) in [5.74, 6) is -0.927. The number of aromatic nitrogens is 3. The molecular formula is C8H12N4O4S2. The van der Waals surface area contributed by atoms with Gasteiger partial charge in [-0.15, -0.1) is 10.2 Å². The van der Waals surface area contributed by atoms with Crippen molar-refractivity contribution in [3.8, 4) is 0 Å². The van der Waals surface area contributed by atoms with Crippen LogP contribution >= 0.6 is 11.8 Å². The molecule has 10 heteroatoms. The topological polar surface area (TPSA) is 128 Å². The molecule has 1 aromatic rings. The van der Waals surface area contributed by atoms with Crippen LogP contribution in [0.2, 0.25) is 0 Å². The van der Waals surface area contributed by atoms with E-state index >= 15 is 0 Å². The van der Waals surface area contributed by atoms with Gasteiger partial charge in [0.25, 0.3) is 0 Å². The Labute approximate surface area is 107 Å². The van der Waals surface area contributed by atoms with Crippen LogP contribution in [0.1, 0.15) is 12.5 Å². The van der Waals surface area contributed by atoms with Crippen molar-refractivity contribution >= 4 is 33.5 Å². The second kappa shape index (κ2) is 4.76. The van der Waals surface area contributed by atoms with E-state index in [4.69, 9.17) is 10.8 Å². The molecule has 1 aliphatic rings. The third-order valence-electron chi connectivity index (χ3n) is 2.59. The summed E-state index contributed by atoms with van der Waals surface area (Å²) in [7, 11) is -3.04. The lowest BCUT2D eigenvalue weighted by Gasteiger charge is -2.13. The standard InChI is InChI=1S/C8H12N4O4S2/c9-7-10-11-8(17-3-6(13)14)12(7)5-1-2-18(15,16)4-5/h5H,1-4H2,(H2,9,10)(H,13,14). The number of carboxylic acid groups (broad SMARTS) is 1. The maximum absolute atomic E-state index is 11.4. The van der Waals surface area contributed by atoms with Gasteiger partial charge in [-0.1, -0.05) is 11.8 Å². The van der Waals surface area contributed by atoms with Gasteiger partial charge in [-0.3, -0.25) is 9.36 Å². The van der Waals surface area contributed by atoms with E-state index in [-0.39, 0.29) is 29.2 Å². The third kappa shape index (κ3) is 2.75. The molecule has 2 rings (SSSR count). The molecule has 2 heterocycles. The normalized spacial score (nSPS) is 22.1. The van der Waals surface area contributed by atoms with Gasteiger partial charge in [-0.2, -0.15) is 0 Å². The van der Waals surface area contributed by atoms with Crippen LogP contribution in [0.3, 0.4) is 0 Å². The molecule has 0 radical (unpaired) electrons. The highest BCUT2D eigenvalue weighted by molar-refractivity contribution is 7.99. The number of aliphatic carboxylic acids is 1. The highest BCUT2D eigenvalue weighted by Gasteiger charge is 2.32. The highest BCUT2D eigenvalue weighted by atomic mass is 32.2. The van der Waals surface area contributed by atoms with Crippen LogP contribution in [0, 0.1) is 0 Å². The Morgan fingerprint density at radius 3 is 2.83 bits per heavy atom. The zero-order valence-electron chi connectivity index (χ0n) is 9.31. The van der Waals surface area contributed by atoms with Gasteiger partial charge in [0.05, 0.1) is 23.3 Å². The van der Waals surface area contributed by atoms with E-state index in [1.54, 1.807) is 0 Å². The Kier molecular flexibility index (Phi) is 3.48. The van der Waals surface area contributed by atoms with Crippen molar-refractivity contribution < 1.29 is 18.3 Å². The minimum atomic E-state index is -3.04. The molecule has 0 aliphatic carbocycles. The number of anilines is 1. The van der Waals surface area contributed by atoms with Crippen LogP contribution in [0.25, 0.3) is 0 Å². The van der Waals surface area contributed by atoms with E-state index in [1.807, 2.05) is 0 Å². The van der Waals surface area contributed by atoms with Crippen LogP contribution in [0.15, 0.2) is 5.16 Å². The zero-order chi connectivity index (χ0) is 13.3. The monoisotopic (exact) mass is 292 g/mol. The van der Waals surface area contributed by atoms with Crippen LogP contribution in [0.4, 0.5) is 5.95 Å². The predicted molar refractivity (Wildman–Crippen MR) is 65.1 cm³/mol. The fraction of sp³-hybridized carbons (Fsp3) is 0.625. The second-order valence-corrected chi connectivity index (χ2v) is 7.12. The first-order valence-corrected chi connectivity index (χ1v) is 7.95. The maximum Gasteiger partial charge on any atom is 0.313 e. The molecule has 1 aromatic heterocycles. The molecule has 3 N–H and O–H groups in total. The van der Waals surface area contributed by atoms with E-state index in [0.717, 1.165) is 11.8 Å². The van der Waals surface area contributed by atoms with Gasteiger partial charge < -0.3 is 10.8 Å². The van der Waals surface area contributed by atoms with Crippen molar-refractivity contribution in [2.75, 3.05) is 23.0 Å². The Hall–Kier alpha value is -1.29. The lowest BCUT2D eigenvalue weighted by atomic mass is 10.3. The zero-order valence-corrected chi connectivity index (χ0v) is 10.9. The minimum absolute atomic E-state index is 0.00410. The van der Waals surface area contributed by atoms with Gasteiger partial charge in [0, 0.05) is 0 Å². The number of hydrogen-bond donors (Lipinski definition) is 2. The first kappa shape index (κ1) is 13.1. The molecule has 18 heavy (non-hydrogen) atoms. The molecular weight excluding hydrogens is 280 g/mol. The number of nitrogens with zero attached hydrogens (tertiary/aromatic N) is 3. The van der Waals surface area contributed by atoms with Crippen LogP contribution < -0.4 is 5.73 Å². The molecule has 100 valence electrons. The lowest BCUT2D eigenvalue weighted by Crippen LogP contribution is -2.15. The smallest absolute Gasteiger partial charge is 0.313 e. The van der Waals surface area contributed by atoms with Crippen molar-refractivity contribution in [2.24, 2.45) is 0 Å². The first-order chi connectivity index (χ1) is 8.39. The average Bonchev–Trinajstić information content (AvgIpc) is 2.78. The van der Waals surface area contributed by atoms with Gasteiger partial charge in [-0.05, 0) is 6.42 Å². The average molecular weight is 292 g/mol. The summed E-state index contributed by atoms with van der Waals surface area (Å²) in [5.41, 5.74) is 5.65. The molecule has 1 unspecified atom stereocenters. The first-order valence-electron chi connectivity index (χ1n) is 5.14. The predicted octanol–water partition coefficient (Wildman–Crippen LogP) is -0.603. The number of nitrogens with two attached hydrogens (primary N) is 1. The number of rotatable bonds is 4. The lowest BCUT2D eigenvalue weighted by molar-refractivity contribution is -0.133. The van der Waals surface area contributed by atoms with Gasteiger partial charge in [-0.25, -0.2) is 8.42 Å². The fourth-order valence-electron chi connectivity index (χ4n) is 1.84. The van der Waals surface area contributed by atoms with Crippen molar-refractivity contribution in [2.45, 2.75) is 17.6 Å². The van der Waals surface area contributed by atoms with Crippen molar-refractivity contribution in [1.82, 2.24) is 14.8 Å². The summed E-state index contributed by atoms with van der Waals surface area (Å²) in [6, 6.07) is -0.304. The maximum atomic E-state index is 11.4. The SMILES string of the molecule is Nc1nnc(SCC(=O)O)n1C1CCS(=O)(=O)C1. The van der Waals surface area contributed by atoms with Crippen LogP contribution in [-0.4, -0.2) is 51.5 Å². The van der Waals surface area contributed by atoms with E-state index in [1.165, 1.54) is 4.57 Å². The minimum Gasteiger partial charge on any atom is -0.481 e. The molecule has 8 nitrogen and oxygen atoms in total. The van der Waals surface area contributed by atoms with Gasteiger partial charge in [0.2, 0.25) is 5.95 Å². The summed E-state index contributed by atoms with van der Waals surface area (Å²) in [6.07, 6.45) is 0.450. The Bertz CT molecular complexity index is 568. The molecule has 1 atom stereocenters. The number of carboxylic acids is 1.